The lowest BCUT2D eigenvalue weighted by atomic mass is 9.82. The van der Waals surface area contributed by atoms with Gasteiger partial charge in [-0.1, -0.05) is 170 Å². The van der Waals surface area contributed by atoms with Crippen LogP contribution < -0.4 is 4.90 Å². The van der Waals surface area contributed by atoms with Gasteiger partial charge in [0.15, 0.2) is 0 Å². The number of aromatic nitrogens is 1. The smallest absolute Gasteiger partial charge is 0.0637 e. The second kappa shape index (κ2) is 13.3. The van der Waals surface area contributed by atoms with Gasteiger partial charge in [-0.25, -0.2) is 0 Å². The highest BCUT2D eigenvalue weighted by molar-refractivity contribution is 5.94. The zero-order chi connectivity index (χ0) is 37.0. The lowest BCUT2D eigenvalue weighted by Crippen LogP contribution is -2.30. The van der Waals surface area contributed by atoms with Gasteiger partial charge in [0.1, 0.15) is 0 Å². The van der Waals surface area contributed by atoms with E-state index in [1.54, 1.807) is 0 Å². The van der Waals surface area contributed by atoms with E-state index in [1.807, 2.05) is 0 Å². The maximum atomic E-state index is 2.56. The monoisotopic (exact) mass is 714 g/mol. The van der Waals surface area contributed by atoms with Gasteiger partial charge in [-0.3, -0.25) is 0 Å². The molecule has 2 nitrogen and oxygen atoms in total. The molecule has 1 aliphatic carbocycles. The predicted molar refractivity (Wildman–Crippen MR) is 235 cm³/mol. The van der Waals surface area contributed by atoms with E-state index in [0.717, 1.165) is 0 Å². The number of rotatable bonds is 6. The van der Waals surface area contributed by atoms with Crippen LogP contribution in [0.1, 0.15) is 22.7 Å². The highest BCUT2D eigenvalue weighted by Crippen LogP contribution is 2.54. The summed E-state index contributed by atoms with van der Waals surface area (Å²) in [5.74, 6) is 0.186. The topological polar surface area (TPSA) is 8.17 Å². The predicted octanol–water partition coefficient (Wildman–Crippen LogP) is 14.0. The lowest BCUT2D eigenvalue weighted by molar-refractivity contribution is 0.725. The van der Waals surface area contributed by atoms with Crippen molar-refractivity contribution in [2.75, 3.05) is 4.90 Å². The fraction of sp³-hybridized carbons (Fsp3) is 0.0370. The van der Waals surface area contributed by atoms with Gasteiger partial charge in [0, 0.05) is 28.4 Å². The first-order valence-electron chi connectivity index (χ1n) is 19.5. The summed E-state index contributed by atoms with van der Waals surface area (Å²) >= 11 is 0. The Kier molecular flexibility index (Phi) is 7.67. The molecule has 2 atom stereocenters. The van der Waals surface area contributed by atoms with Gasteiger partial charge >= 0.3 is 0 Å². The molecule has 2 heteroatoms. The molecular weight excluding hydrogens is 677 g/mol. The second-order valence-corrected chi connectivity index (χ2v) is 14.9. The van der Waals surface area contributed by atoms with Crippen molar-refractivity contribution in [3.63, 3.8) is 0 Å². The molecule has 2 unspecified atom stereocenters. The van der Waals surface area contributed by atoms with E-state index in [9.17, 15) is 0 Å². The molecule has 0 spiro atoms. The van der Waals surface area contributed by atoms with Crippen LogP contribution in [0.5, 0.6) is 0 Å². The van der Waals surface area contributed by atoms with Crippen molar-refractivity contribution in [3.05, 3.63) is 229 Å². The molecule has 0 amide bonds. The number of hydrogen-bond donors (Lipinski definition) is 0. The molecule has 2 aliphatic rings. The van der Waals surface area contributed by atoms with E-state index in [0.29, 0.717) is 0 Å². The number of hydrogen-bond acceptors (Lipinski definition) is 1. The summed E-state index contributed by atoms with van der Waals surface area (Å²) in [5.41, 5.74) is 18.7. The van der Waals surface area contributed by atoms with E-state index >= 15 is 0 Å². The summed E-state index contributed by atoms with van der Waals surface area (Å²) in [6.07, 6.45) is 4.81. The number of anilines is 2. The van der Waals surface area contributed by atoms with Crippen LogP contribution in [-0.2, 0) is 0 Å². The maximum absolute atomic E-state index is 2.56. The Hall–Kier alpha value is -7.16. The largest absolute Gasteiger partial charge is 0.333 e. The van der Waals surface area contributed by atoms with Crippen molar-refractivity contribution in [1.82, 2.24) is 4.57 Å². The van der Waals surface area contributed by atoms with Gasteiger partial charge < -0.3 is 9.47 Å². The van der Waals surface area contributed by atoms with Crippen LogP contribution in [0.15, 0.2) is 212 Å². The minimum Gasteiger partial charge on any atom is -0.333 e. The minimum atomic E-state index is 0.147. The van der Waals surface area contributed by atoms with Crippen LogP contribution in [0, 0.1) is 0 Å². The molecule has 1 aliphatic heterocycles. The minimum absolute atomic E-state index is 0.147. The molecular formula is C54H38N2. The average Bonchev–Trinajstić information content (AvgIpc) is 3.80. The number of nitrogens with zero attached hydrogens (tertiary/aromatic N) is 2. The van der Waals surface area contributed by atoms with Crippen molar-refractivity contribution in [2.45, 2.75) is 12.0 Å². The molecule has 1 aromatic heterocycles. The molecule has 11 rings (SSSR count). The van der Waals surface area contributed by atoms with Crippen LogP contribution in [0.4, 0.5) is 11.4 Å². The summed E-state index contributed by atoms with van der Waals surface area (Å²) in [5, 5.41) is 1.31. The molecule has 264 valence electrons. The summed E-state index contributed by atoms with van der Waals surface area (Å²) < 4.78 is 2.46. The Bertz CT molecular complexity index is 2900. The van der Waals surface area contributed by atoms with Crippen molar-refractivity contribution in [3.8, 4) is 50.2 Å². The third-order valence-corrected chi connectivity index (χ3v) is 11.8. The quantitative estimate of drug-likeness (QED) is 0.166. The molecule has 9 aromatic rings. The van der Waals surface area contributed by atoms with E-state index in [2.05, 4.69) is 228 Å². The van der Waals surface area contributed by atoms with Gasteiger partial charge in [0.2, 0.25) is 0 Å². The van der Waals surface area contributed by atoms with E-state index in [4.69, 9.17) is 0 Å². The highest BCUT2D eigenvalue weighted by atomic mass is 15.2. The Labute approximate surface area is 327 Å². The first-order valence-corrected chi connectivity index (χ1v) is 19.5. The van der Waals surface area contributed by atoms with Gasteiger partial charge in [0.25, 0.3) is 0 Å². The van der Waals surface area contributed by atoms with Crippen molar-refractivity contribution in [1.29, 1.82) is 0 Å². The first kappa shape index (κ1) is 32.3. The van der Waals surface area contributed by atoms with Gasteiger partial charge in [-0.05, 0) is 104 Å². The zero-order valence-corrected chi connectivity index (χ0v) is 30.8. The fourth-order valence-corrected chi connectivity index (χ4v) is 9.17. The van der Waals surface area contributed by atoms with E-state index in [1.165, 1.54) is 89.3 Å². The standard InChI is InChI=1S/C54H38N2/c1-3-13-37(14-4-1)39-25-27-40(28-26-39)44-19-12-20-46(36-44)56-50-24-10-8-22-48(50)54-52(56)34-33-51-53(54)47-21-7-9-23-49(47)55(51)45-31-29-41(30-32-45)43-18-11-17-42(35-43)38-15-5-2-6-16-38/h1-36,52,54H. The summed E-state index contributed by atoms with van der Waals surface area (Å²) in [4.78, 5) is 2.56. The number of fused-ring (bicyclic) bond motifs is 7. The Morgan fingerprint density at radius 3 is 1.61 bits per heavy atom. The van der Waals surface area contributed by atoms with Crippen LogP contribution >= 0.6 is 0 Å². The molecule has 0 fully saturated rings. The van der Waals surface area contributed by atoms with Crippen molar-refractivity contribution < 1.29 is 0 Å². The van der Waals surface area contributed by atoms with E-state index < -0.39 is 0 Å². The highest BCUT2D eigenvalue weighted by Gasteiger charge is 2.43. The number of benzene rings is 8. The van der Waals surface area contributed by atoms with Crippen LogP contribution in [-0.4, -0.2) is 10.6 Å². The van der Waals surface area contributed by atoms with Crippen LogP contribution in [0.3, 0.4) is 0 Å². The molecule has 0 bridgehead atoms. The van der Waals surface area contributed by atoms with Gasteiger partial charge in [0.05, 0.1) is 17.3 Å². The van der Waals surface area contributed by atoms with Crippen molar-refractivity contribution >= 4 is 28.4 Å². The lowest BCUT2D eigenvalue weighted by Gasteiger charge is -2.31. The normalized spacial score (nSPS) is 15.4. The molecule has 0 radical (unpaired) electrons. The first-order chi connectivity index (χ1) is 27.8. The average molecular weight is 715 g/mol. The molecule has 0 saturated heterocycles. The maximum Gasteiger partial charge on any atom is 0.0637 e. The van der Waals surface area contributed by atoms with Crippen LogP contribution in [0.2, 0.25) is 0 Å². The van der Waals surface area contributed by atoms with E-state index in [-0.39, 0.29) is 12.0 Å². The molecule has 0 saturated carbocycles. The number of para-hydroxylation sites is 2. The summed E-state index contributed by atoms with van der Waals surface area (Å²) in [6.45, 7) is 0. The zero-order valence-electron chi connectivity index (χ0n) is 30.8. The molecule has 56 heavy (non-hydrogen) atoms. The third-order valence-electron chi connectivity index (χ3n) is 11.8. The molecule has 0 N–H and O–H groups in total. The molecule has 2 heterocycles. The SMILES string of the molecule is C1=CC2C(c3ccccc3N2c2cccc(-c3ccc(-c4ccccc4)cc3)c2)c2c1n(-c1ccc(-c3cccc(-c4ccccc4)c3)cc1)c1ccccc21. The molecule has 8 aromatic carbocycles. The summed E-state index contributed by atoms with van der Waals surface area (Å²) in [7, 11) is 0. The second-order valence-electron chi connectivity index (χ2n) is 14.9. The third kappa shape index (κ3) is 5.33. The van der Waals surface area contributed by atoms with Gasteiger partial charge in [-0.2, -0.15) is 0 Å². The Morgan fingerprint density at radius 2 is 0.893 bits per heavy atom. The Balaban J connectivity index is 0.971. The van der Waals surface area contributed by atoms with Crippen LogP contribution in [0.25, 0.3) is 67.2 Å². The Morgan fingerprint density at radius 1 is 0.375 bits per heavy atom. The van der Waals surface area contributed by atoms with Crippen molar-refractivity contribution in [2.24, 2.45) is 0 Å². The van der Waals surface area contributed by atoms with Gasteiger partial charge in [-0.15, -0.1) is 0 Å². The summed E-state index contributed by atoms with van der Waals surface area (Å²) in [6, 6.07) is 75.3. The fourth-order valence-electron chi connectivity index (χ4n) is 9.17.